The van der Waals surface area contributed by atoms with Gasteiger partial charge in [-0.15, -0.1) is 0 Å². The molecular formula is C24H27N5O4S. The number of methoxy groups -OCH3 is 1. The zero-order chi connectivity index (χ0) is 24.8. The summed E-state index contributed by atoms with van der Waals surface area (Å²) >= 11 is 0.774. The second-order valence-electron chi connectivity index (χ2n) is 7.90. The van der Waals surface area contributed by atoms with Gasteiger partial charge in [-0.2, -0.15) is 4.37 Å². The Morgan fingerprint density at radius 3 is 2.26 bits per heavy atom. The molecule has 0 aliphatic rings. The van der Waals surface area contributed by atoms with E-state index in [0.29, 0.717) is 17.4 Å². The molecule has 5 N–H and O–H groups in total. The van der Waals surface area contributed by atoms with Gasteiger partial charge < -0.3 is 21.5 Å². The van der Waals surface area contributed by atoms with Gasteiger partial charge in [0.1, 0.15) is 17.2 Å². The van der Waals surface area contributed by atoms with Crippen LogP contribution in [-0.4, -0.2) is 35.7 Å². The Labute approximate surface area is 201 Å². The lowest BCUT2D eigenvalue weighted by Gasteiger charge is -2.22. The quantitative estimate of drug-likeness (QED) is 0.429. The lowest BCUT2D eigenvalue weighted by Crippen LogP contribution is -2.40. The molecule has 0 unspecified atom stereocenters. The Morgan fingerprint density at radius 1 is 1.09 bits per heavy atom. The van der Waals surface area contributed by atoms with E-state index >= 15 is 0 Å². The summed E-state index contributed by atoms with van der Waals surface area (Å²) in [7, 11) is 1.58. The monoisotopic (exact) mass is 481 g/mol. The van der Waals surface area contributed by atoms with Crippen LogP contribution in [0.2, 0.25) is 0 Å². The second kappa shape index (κ2) is 10.8. The maximum absolute atomic E-state index is 13.4. The zero-order valence-electron chi connectivity index (χ0n) is 19.2. The number of carbonyl (C=O) groups excluding carboxylic acids is 3. The first-order valence-corrected chi connectivity index (χ1v) is 11.3. The standard InChI is InChI=1S/C24H27N5O4S/c1-14(2)16-6-8-17(9-7-16)29(24(32)22-20(25)21(23(26)31)28-34-22)13-19(30)27-12-15-4-10-18(33-3)11-5-15/h4-11,14H,12-13,25H2,1-3H3,(H2,26,31)(H,27,30). The van der Waals surface area contributed by atoms with E-state index in [-0.39, 0.29) is 35.3 Å². The topological polar surface area (TPSA) is 141 Å². The molecular weight excluding hydrogens is 454 g/mol. The number of ether oxygens (including phenoxy) is 1. The third kappa shape index (κ3) is 5.70. The fraction of sp³-hybridized carbons (Fsp3) is 0.250. The summed E-state index contributed by atoms with van der Waals surface area (Å²) in [6.07, 6.45) is 0. The number of nitrogens with two attached hydrogens (primary N) is 2. The molecule has 3 amide bonds. The van der Waals surface area contributed by atoms with E-state index in [1.54, 1.807) is 31.4 Å². The van der Waals surface area contributed by atoms with Crippen LogP contribution in [0.4, 0.5) is 11.4 Å². The van der Waals surface area contributed by atoms with Crippen molar-refractivity contribution in [3.8, 4) is 5.75 Å². The molecule has 34 heavy (non-hydrogen) atoms. The van der Waals surface area contributed by atoms with Crippen LogP contribution in [-0.2, 0) is 11.3 Å². The molecule has 178 valence electrons. The summed E-state index contributed by atoms with van der Waals surface area (Å²) in [5.74, 6) is -0.706. The number of carbonyl (C=O) groups is 3. The van der Waals surface area contributed by atoms with Crippen LogP contribution >= 0.6 is 11.5 Å². The highest BCUT2D eigenvalue weighted by Gasteiger charge is 2.27. The number of benzene rings is 2. The van der Waals surface area contributed by atoms with Crippen molar-refractivity contribution in [2.45, 2.75) is 26.3 Å². The lowest BCUT2D eigenvalue weighted by molar-refractivity contribution is -0.119. The summed E-state index contributed by atoms with van der Waals surface area (Å²) in [4.78, 5) is 39.0. The average Bonchev–Trinajstić information content (AvgIpc) is 3.22. The van der Waals surface area contributed by atoms with E-state index in [1.807, 2.05) is 24.3 Å². The number of rotatable bonds is 9. The highest BCUT2D eigenvalue weighted by atomic mass is 32.1. The molecule has 0 atom stereocenters. The van der Waals surface area contributed by atoms with Gasteiger partial charge in [-0.1, -0.05) is 38.1 Å². The Morgan fingerprint density at radius 2 is 1.74 bits per heavy atom. The van der Waals surface area contributed by atoms with E-state index in [2.05, 4.69) is 23.5 Å². The predicted molar refractivity (Wildman–Crippen MR) is 132 cm³/mol. The van der Waals surface area contributed by atoms with Gasteiger partial charge in [-0.3, -0.25) is 19.3 Å². The smallest absolute Gasteiger partial charge is 0.272 e. The average molecular weight is 482 g/mol. The molecule has 0 aliphatic carbocycles. The van der Waals surface area contributed by atoms with Gasteiger partial charge in [-0.25, -0.2) is 0 Å². The summed E-state index contributed by atoms with van der Waals surface area (Å²) in [6, 6.07) is 14.6. The molecule has 3 rings (SSSR count). The summed E-state index contributed by atoms with van der Waals surface area (Å²) in [5.41, 5.74) is 13.5. The van der Waals surface area contributed by atoms with Crippen molar-refractivity contribution in [2.24, 2.45) is 5.73 Å². The number of amides is 3. The maximum Gasteiger partial charge on any atom is 0.272 e. The molecule has 0 saturated heterocycles. The number of aromatic nitrogens is 1. The molecule has 0 bridgehead atoms. The van der Waals surface area contributed by atoms with E-state index in [0.717, 1.165) is 22.7 Å². The highest BCUT2D eigenvalue weighted by Crippen LogP contribution is 2.27. The fourth-order valence-corrected chi connectivity index (χ4v) is 3.97. The number of primary amides is 1. The van der Waals surface area contributed by atoms with E-state index < -0.39 is 11.8 Å². The zero-order valence-corrected chi connectivity index (χ0v) is 20.0. The van der Waals surface area contributed by atoms with Crippen molar-refractivity contribution >= 4 is 40.6 Å². The van der Waals surface area contributed by atoms with Crippen molar-refractivity contribution in [3.63, 3.8) is 0 Å². The number of nitrogens with zero attached hydrogens (tertiary/aromatic N) is 2. The second-order valence-corrected chi connectivity index (χ2v) is 8.67. The Hall–Kier alpha value is -3.92. The first kappa shape index (κ1) is 24.7. The van der Waals surface area contributed by atoms with Gasteiger partial charge in [0, 0.05) is 12.2 Å². The Balaban J connectivity index is 1.82. The fourth-order valence-electron chi connectivity index (χ4n) is 3.21. The first-order chi connectivity index (χ1) is 16.2. The molecule has 0 fully saturated rings. The SMILES string of the molecule is COc1ccc(CNC(=O)CN(C(=O)c2snc(C(N)=O)c2N)c2ccc(C(C)C)cc2)cc1. The number of hydrogen-bond donors (Lipinski definition) is 3. The summed E-state index contributed by atoms with van der Waals surface area (Å²) in [6.45, 7) is 4.16. The Bertz CT molecular complexity index is 1170. The minimum Gasteiger partial charge on any atom is -0.497 e. The van der Waals surface area contributed by atoms with Crippen molar-refractivity contribution in [1.82, 2.24) is 9.69 Å². The Kier molecular flexibility index (Phi) is 7.85. The van der Waals surface area contributed by atoms with Crippen LogP contribution in [0.15, 0.2) is 48.5 Å². The van der Waals surface area contributed by atoms with Gasteiger partial charge >= 0.3 is 0 Å². The van der Waals surface area contributed by atoms with Gasteiger partial charge in [-0.05, 0) is 52.8 Å². The van der Waals surface area contributed by atoms with Crippen LogP contribution in [0.25, 0.3) is 0 Å². The van der Waals surface area contributed by atoms with Crippen molar-refractivity contribution < 1.29 is 19.1 Å². The lowest BCUT2D eigenvalue weighted by atomic mass is 10.0. The van der Waals surface area contributed by atoms with Gasteiger partial charge in [0.2, 0.25) is 5.91 Å². The molecule has 3 aromatic rings. The third-order valence-electron chi connectivity index (χ3n) is 5.22. The first-order valence-electron chi connectivity index (χ1n) is 10.6. The van der Waals surface area contributed by atoms with Crippen molar-refractivity contribution in [1.29, 1.82) is 0 Å². The van der Waals surface area contributed by atoms with E-state index in [4.69, 9.17) is 16.2 Å². The van der Waals surface area contributed by atoms with Gasteiger partial charge in [0.25, 0.3) is 11.8 Å². The largest absolute Gasteiger partial charge is 0.497 e. The van der Waals surface area contributed by atoms with Crippen LogP contribution in [0.1, 0.15) is 51.1 Å². The molecule has 0 radical (unpaired) electrons. The van der Waals surface area contributed by atoms with E-state index in [1.165, 1.54) is 4.90 Å². The molecule has 10 heteroatoms. The minimum atomic E-state index is -0.821. The minimum absolute atomic E-state index is 0.0460. The normalized spacial score (nSPS) is 10.7. The van der Waals surface area contributed by atoms with Crippen LogP contribution in [0, 0.1) is 0 Å². The predicted octanol–water partition coefficient (Wildman–Crippen LogP) is 2.92. The van der Waals surface area contributed by atoms with Crippen molar-refractivity contribution in [2.75, 3.05) is 24.3 Å². The van der Waals surface area contributed by atoms with Crippen LogP contribution in [0.3, 0.4) is 0 Å². The van der Waals surface area contributed by atoms with Gasteiger partial charge in [0.05, 0.1) is 12.8 Å². The molecule has 0 saturated carbocycles. The third-order valence-corrected chi connectivity index (χ3v) is 6.07. The number of nitrogen functional groups attached to an aromatic ring is 1. The maximum atomic E-state index is 13.4. The molecule has 1 heterocycles. The molecule has 1 aromatic heterocycles. The van der Waals surface area contributed by atoms with E-state index in [9.17, 15) is 14.4 Å². The number of hydrogen-bond acceptors (Lipinski definition) is 7. The molecule has 2 aromatic carbocycles. The van der Waals surface area contributed by atoms with Crippen LogP contribution < -0.4 is 26.4 Å². The summed E-state index contributed by atoms with van der Waals surface area (Å²) < 4.78 is 9.04. The van der Waals surface area contributed by atoms with Crippen molar-refractivity contribution in [3.05, 3.63) is 70.2 Å². The molecule has 0 spiro atoms. The summed E-state index contributed by atoms with van der Waals surface area (Å²) in [5, 5.41) is 2.82. The molecule has 0 aliphatic heterocycles. The van der Waals surface area contributed by atoms with Crippen LogP contribution in [0.5, 0.6) is 5.75 Å². The number of nitrogens with one attached hydrogen (secondary N) is 1. The van der Waals surface area contributed by atoms with Gasteiger partial charge in [0.15, 0.2) is 5.69 Å². The number of anilines is 2. The highest BCUT2D eigenvalue weighted by molar-refractivity contribution is 7.09. The molecule has 9 nitrogen and oxygen atoms in total.